The Balaban J connectivity index is 2.25. The molecule has 1 rings (SSSR count). The first-order valence-electron chi connectivity index (χ1n) is 3.39. The fraction of sp³-hybridized carbons (Fsp3) is 0.286. The third kappa shape index (κ3) is 2.67. The van der Waals surface area contributed by atoms with Crippen molar-refractivity contribution in [3.63, 3.8) is 0 Å². The van der Waals surface area contributed by atoms with Gasteiger partial charge in [0.05, 0.1) is 6.61 Å². The minimum Gasteiger partial charge on any atom is -0.449 e. The van der Waals surface area contributed by atoms with E-state index >= 15 is 0 Å². The van der Waals surface area contributed by atoms with Crippen molar-refractivity contribution in [3.8, 4) is 0 Å². The molecule has 4 heteroatoms. The molecule has 0 aliphatic carbocycles. The van der Waals surface area contributed by atoms with Gasteiger partial charge in [-0.3, -0.25) is 4.72 Å². The van der Waals surface area contributed by atoms with Crippen LogP contribution in [0.2, 0.25) is 0 Å². The van der Waals surface area contributed by atoms with Crippen molar-refractivity contribution in [1.29, 1.82) is 0 Å². The maximum absolute atomic E-state index is 10.8. The van der Waals surface area contributed by atoms with Crippen LogP contribution in [-0.2, 0) is 4.74 Å². The van der Waals surface area contributed by atoms with Gasteiger partial charge >= 0.3 is 6.09 Å². The van der Waals surface area contributed by atoms with Crippen molar-refractivity contribution >= 4 is 17.2 Å². The number of hydrogen-bond acceptors (Lipinski definition) is 2. The van der Waals surface area contributed by atoms with Gasteiger partial charge in [0.2, 0.25) is 0 Å². The number of ether oxygens (including phenoxy) is 1. The number of carbonyl (C=O) groups excluding carboxylic acids is 1. The van der Waals surface area contributed by atoms with E-state index in [0.29, 0.717) is 6.61 Å². The monoisotopic (exact) mass is 173 g/mol. The van der Waals surface area contributed by atoms with E-state index in [0.717, 1.165) is 0 Å². The van der Waals surface area contributed by atoms with Crippen LogP contribution < -0.4 is 4.72 Å². The average molecular weight is 173 g/mol. The summed E-state index contributed by atoms with van der Waals surface area (Å²) < 4.78 is 7.41. The highest BCUT2D eigenvalue weighted by molar-refractivity contribution is 8.21. The minimum absolute atomic E-state index is 0.338. The van der Waals surface area contributed by atoms with Crippen LogP contribution in [0.15, 0.2) is 23.0 Å². The zero-order valence-electron chi connectivity index (χ0n) is 6.28. The van der Waals surface area contributed by atoms with Crippen molar-refractivity contribution in [1.82, 2.24) is 4.72 Å². The van der Waals surface area contributed by atoms with Gasteiger partial charge in [-0.15, -0.1) is 11.1 Å². The van der Waals surface area contributed by atoms with E-state index in [-0.39, 0.29) is 6.09 Å². The number of amides is 1. The van der Waals surface area contributed by atoms with Gasteiger partial charge in [-0.2, -0.15) is 0 Å². The zero-order valence-corrected chi connectivity index (χ0v) is 7.17. The van der Waals surface area contributed by atoms with E-state index in [1.807, 2.05) is 23.0 Å². The molecule has 0 spiro atoms. The van der Waals surface area contributed by atoms with E-state index < -0.39 is 11.1 Å². The van der Waals surface area contributed by atoms with Gasteiger partial charge in [0.1, 0.15) is 0 Å². The standard InChI is InChI=1S/C7H11NO2S/c1-2-10-7(9)8-11-5-3-4-6-11/h3-6,11H,2H2,1H3,(H,8,9). The summed E-state index contributed by atoms with van der Waals surface area (Å²) >= 11 is -0.582. The van der Waals surface area contributed by atoms with E-state index in [4.69, 9.17) is 4.74 Å². The Hall–Kier alpha value is -0.900. The van der Waals surface area contributed by atoms with Crippen molar-refractivity contribution in [3.05, 3.63) is 23.0 Å². The second kappa shape index (κ2) is 4.08. The van der Waals surface area contributed by atoms with Crippen molar-refractivity contribution in [2.45, 2.75) is 6.92 Å². The molecule has 1 N–H and O–H groups in total. The summed E-state index contributed by atoms with van der Waals surface area (Å²) in [5.41, 5.74) is 0. The number of rotatable bonds is 2. The molecular weight excluding hydrogens is 162 g/mol. The van der Waals surface area contributed by atoms with Gasteiger partial charge in [0.15, 0.2) is 0 Å². The SMILES string of the molecule is CCOC(=O)N[SH]1C=CC=C1. The molecule has 0 atom stereocenters. The summed E-state index contributed by atoms with van der Waals surface area (Å²) in [6.45, 7) is 2.20. The molecular formula is C7H11NO2S. The Morgan fingerprint density at radius 1 is 1.55 bits per heavy atom. The Labute approximate surface area is 68.6 Å². The molecule has 0 unspecified atom stereocenters. The lowest BCUT2D eigenvalue weighted by Crippen LogP contribution is -2.19. The fourth-order valence-electron chi connectivity index (χ4n) is 0.678. The molecule has 62 valence electrons. The van der Waals surface area contributed by atoms with E-state index in [1.54, 1.807) is 6.92 Å². The number of carbonyl (C=O) groups is 1. The summed E-state index contributed by atoms with van der Waals surface area (Å²) in [5, 5.41) is 3.90. The number of thiol groups is 1. The van der Waals surface area contributed by atoms with Gasteiger partial charge in [-0.1, -0.05) is 12.2 Å². The molecule has 0 aromatic heterocycles. The van der Waals surface area contributed by atoms with Gasteiger partial charge in [0, 0.05) is 0 Å². The molecule has 0 bridgehead atoms. The van der Waals surface area contributed by atoms with E-state index in [1.165, 1.54) is 0 Å². The summed E-state index contributed by atoms with van der Waals surface area (Å²) in [6, 6.07) is 0. The van der Waals surface area contributed by atoms with Crippen LogP contribution in [-0.4, -0.2) is 12.7 Å². The maximum atomic E-state index is 10.8. The average Bonchev–Trinajstić information content (AvgIpc) is 2.40. The predicted octanol–water partition coefficient (Wildman–Crippen LogP) is 1.69. The van der Waals surface area contributed by atoms with Gasteiger partial charge < -0.3 is 4.74 Å². The Morgan fingerprint density at radius 2 is 2.18 bits per heavy atom. The molecule has 1 aliphatic heterocycles. The van der Waals surface area contributed by atoms with Crippen LogP contribution in [0.1, 0.15) is 6.92 Å². The minimum atomic E-state index is -0.582. The second-order valence-electron chi connectivity index (χ2n) is 1.92. The first-order chi connectivity index (χ1) is 5.33. The van der Waals surface area contributed by atoms with Gasteiger partial charge in [0.25, 0.3) is 0 Å². The summed E-state index contributed by atoms with van der Waals surface area (Å²) in [4.78, 5) is 10.8. The smallest absolute Gasteiger partial charge is 0.416 e. The second-order valence-corrected chi connectivity index (χ2v) is 3.56. The molecule has 1 aliphatic rings. The third-order valence-corrected chi connectivity index (χ3v) is 2.53. The van der Waals surface area contributed by atoms with Crippen LogP contribution in [0.4, 0.5) is 4.79 Å². The largest absolute Gasteiger partial charge is 0.449 e. The normalized spacial score (nSPS) is 17.0. The van der Waals surface area contributed by atoms with Crippen molar-refractivity contribution in [2.24, 2.45) is 0 Å². The number of hydrogen-bond donors (Lipinski definition) is 2. The van der Waals surface area contributed by atoms with Crippen LogP contribution in [0.5, 0.6) is 0 Å². The van der Waals surface area contributed by atoms with E-state index in [2.05, 4.69) is 4.72 Å². The highest BCUT2D eigenvalue weighted by Gasteiger charge is 2.03. The molecule has 0 aromatic rings. The summed E-state index contributed by atoms with van der Waals surface area (Å²) in [5.74, 6) is 0. The maximum Gasteiger partial charge on any atom is 0.416 e. The zero-order chi connectivity index (χ0) is 8.10. The molecule has 0 saturated carbocycles. The third-order valence-electron chi connectivity index (χ3n) is 1.10. The van der Waals surface area contributed by atoms with Crippen LogP contribution in [0.3, 0.4) is 0 Å². The lowest BCUT2D eigenvalue weighted by atomic mass is 10.6. The molecule has 0 radical (unpaired) electrons. The summed E-state index contributed by atoms with van der Waals surface area (Å²) in [7, 11) is 0. The Bertz CT molecular complexity index is 189. The highest BCUT2D eigenvalue weighted by Crippen LogP contribution is 2.27. The molecule has 3 nitrogen and oxygen atoms in total. The van der Waals surface area contributed by atoms with Crippen LogP contribution in [0.25, 0.3) is 0 Å². The molecule has 0 aromatic carbocycles. The molecule has 0 fully saturated rings. The van der Waals surface area contributed by atoms with Crippen LogP contribution >= 0.6 is 11.1 Å². The first-order valence-corrected chi connectivity index (χ1v) is 4.87. The fourth-order valence-corrected chi connectivity index (χ4v) is 1.77. The van der Waals surface area contributed by atoms with Crippen molar-refractivity contribution < 1.29 is 9.53 Å². The highest BCUT2D eigenvalue weighted by atomic mass is 32.2. The Kier molecular flexibility index (Phi) is 3.04. The Morgan fingerprint density at radius 3 is 2.73 bits per heavy atom. The predicted molar refractivity (Wildman–Crippen MR) is 47.4 cm³/mol. The number of nitrogens with one attached hydrogen (secondary N) is 1. The molecule has 11 heavy (non-hydrogen) atoms. The first kappa shape index (κ1) is 8.20. The quantitative estimate of drug-likeness (QED) is 0.624. The van der Waals surface area contributed by atoms with Crippen LogP contribution in [0, 0.1) is 0 Å². The molecule has 0 saturated heterocycles. The molecule has 1 amide bonds. The number of allylic oxidation sites excluding steroid dienone is 2. The summed E-state index contributed by atoms with van der Waals surface area (Å²) in [6.07, 6.45) is 3.49. The van der Waals surface area contributed by atoms with Gasteiger partial charge in [-0.05, 0) is 17.7 Å². The lowest BCUT2D eigenvalue weighted by molar-refractivity contribution is 0.159. The van der Waals surface area contributed by atoms with Gasteiger partial charge in [-0.25, -0.2) is 4.79 Å². The molecule has 1 heterocycles. The lowest BCUT2D eigenvalue weighted by Gasteiger charge is -2.11. The van der Waals surface area contributed by atoms with Crippen molar-refractivity contribution in [2.75, 3.05) is 6.61 Å². The van der Waals surface area contributed by atoms with E-state index in [9.17, 15) is 4.79 Å². The topological polar surface area (TPSA) is 38.3 Å².